The van der Waals surface area contributed by atoms with E-state index >= 15 is 0 Å². The van der Waals surface area contributed by atoms with Gasteiger partial charge in [0.1, 0.15) is 5.75 Å². The predicted molar refractivity (Wildman–Crippen MR) is 77.6 cm³/mol. The Morgan fingerprint density at radius 3 is 2.80 bits per heavy atom. The zero-order valence-electron chi connectivity index (χ0n) is 12.2. The van der Waals surface area contributed by atoms with Gasteiger partial charge in [-0.2, -0.15) is 4.98 Å². The monoisotopic (exact) mass is 275 g/mol. The zero-order chi connectivity index (χ0) is 14.5. The van der Waals surface area contributed by atoms with Crippen molar-refractivity contribution in [1.82, 2.24) is 10.1 Å². The Labute approximate surface area is 119 Å². The molecule has 0 aliphatic carbocycles. The van der Waals surface area contributed by atoms with Gasteiger partial charge in [-0.25, -0.2) is 0 Å². The maximum Gasteiger partial charge on any atom is 0.227 e. The molecule has 108 valence electrons. The number of hydrogen-bond acceptors (Lipinski definition) is 5. The zero-order valence-corrected chi connectivity index (χ0v) is 12.2. The summed E-state index contributed by atoms with van der Waals surface area (Å²) in [7, 11) is 1.66. The first-order chi connectivity index (χ1) is 9.67. The molecule has 0 saturated heterocycles. The minimum Gasteiger partial charge on any atom is -0.496 e. The first-order valence-electron chi connectivity index (χ1n) is 6.85. The Hall–Kier alpha value is -1.88. The van der Waals surface area contributed by atoms with Crippen molar-refractivity contribution in [1.29, 1.82) is 0 Å². The van der Waals surface area contributed by atoms with Crippen LogP contribution in [0.1, 0.15) is 24.8 Å². The van der Waals surface area contributed by atoms with E-state index in [1.165, 1.54) is 0 Å². The van der Waals surface area contributed by atoms with Crippen LogP contribution < -0.4 is 10.5 Å². The van der Waals surface area contributed by atoms with E-state index < -0.39 is 0 Å². The number of nitrogens with two attached hydrogens (primary N) is 1. The number of hydrogen-bond donors (Lipinski definition) is 1. The highest BCUT2D eigenvalue weighted by molar-refractivity contribution is 5.58. The molecule has 0 fully saturated rings. The number of aromatic nitrogens is 2. The highest BCUT2D eigenvalue weighted by atomic mass is 16.5. The largest absolute Gasteiger partial charge is 0.496 e. The Morgan fingerprint density at radius 2 is 2.20 bits per heavy atom. The maximum absolute atomic E-state index is 5.70. The fraction of sp³-hybridized carbons (Fsp3) is 0.467. The molecular formula is C15H21N3O2. The topological polar surface area (TPSA) is 74.2 Å². The van der Waals surface area contributed by atoms with E-state index in [0.717, 1.165) is 29.7 Å². The van der Waals surface area contributed by atoms with Crippen molar-refractivity contribution in [3.63, 3.8) is 0 Å². The van der Waals surface area contributed by atoms with Crippen molar-refractivity contribution in [3.8, 4) is 17.1 Å². The number of aryl methyl sites for hydroxylation is 1. The van der Waals surface area contributed by atoms with Crippen LogP contribution >= 0.6 is 0 Å². The summed E-state index contributed by atoms with van der Waals surface area (Å²) in [6.45, 7) is 4.74. The standard InChI is InChI=1S/C15H21N3O2/c1-4-11(9-16)8-14-17-15(18-20-14)12-5-6-13(19-3)10(2)7-12/h5-7,11H,4,8-9,16H2,1-3H3. The number of rotatable bonds is 6. The van der Waals surface area contributed by atoms with Gasteiger partial charge in [0.15, 0.2) is 0 Å². The Balaban J connectivity index is 2.18. The molecule has 2 N–H and O–H groups in total. The molecule has 5 heteroatoms. The van der Waals surface area contributed by atoms with Gasteiger partial charge < -0.3 is 15.0 Å². The maximum atomic E-state index is 5.70. The van der Waals surface area contributed by atoms with Crippen LogP contribution in [0.25, 0.3) is 11.4 Å². The fourth-order valence-electron chi connectivity index (χ4n) is 2.11. The smallest absolute Gasteiger partial charge is 0.227 e. The van der Waals surface area contributed by atoms with Gasteiger partial charge in [0.2, 0.25) is 11.7 Å². The average molecular weight is 275 g/mol. The average Bonchev–Trinajstić information content (AvgIpc) is 2.93. The van der Waals surface area contributed by atoms with Gasteiger partial charge in [-0.1, -0.05) is 18.5 Å². The van der Waals surface area contributed by atoms with Gasteiger partial charge in [0.05, 0.1) is 7.11 Å². The van der Waals surface area contributed by atoms with Crippen molar-refractivity contribution in [3.05, 3.63) is 29.7 Å². The van der Waals surface area contributed by atoms with E-state index in [-0.39, 0.29) is 0 Å². The van der Waals surface area contributed by atoms with Crippen LogP contribution in [0.5, 0.6) is 5.75 Å². The van der Waals surface area contributed by atoms with Crippen molar-refractivity contribution in [2.45, 2.75) is 26.7 Å². The van der Waals surface area contributed by atoms with Gasteiger partial charge in [0.25, 0.3) is 0 Å². The molecule has 1 unspecified atom stereocenters. The van der Waals surface area contributed by atoms with Crippen LogP contribution in [0.3, 0.4) is 0 Å². The van der Waals surface area contributed by atoms with Crippen molar-refractivity contribution < 1.29 is 9.26 Å². The molecule has 0 aliphatic rings. The van der Waals surface area contributed by atoms with Crippen molar-refractivity contribution in [2.75, 3.05) is 13.7 Å². The summed E-state index contributed by atoms with van der Waals surface area (Å²) in [5.41, 5.74) is 7.67. The first-order valence-corrected chi connectivity index (χ1v) is 6.85. The summed E-state index contributed by atoms with van der Waals surface area (Å²) in [4.78, 5) is 4.44. The molecule has 1 aromatic carbocycles. The number of nitrogens with zero attached hydrogens (tertiary/aromatic N) is 2. The quantitative estimate of drug-likeness (QED) is 0.877. The third-order valence-corrected chi connectivity index (χ3v) is 3.50. The summed E-state index contributed by atoms with van der Waals surface area (Å²) in [6, 6.07) is 5.84. The van der Waals surface area contributed by atoms with Gasteiger partial charge in [-0.05, 0) is 43.1 Å². The summed E-state index contributed by atoms with van der Waals surface area (Å²) in [6.07, 6.45) is 1.74. The molecule has 0 saturated carbocycles. The third-order valence-electron chi connectivity index (χ3n) is 3.50. The lowest BCUT2D eigenvalue weighted by atomic mass is 10.0. The molecule has 0 spiro atoms. The molecule has 0 amide bonds. The van der Waals surface area contributed by atoms with Crippen LogP contribution in [0, 0.1) is 12.8 Å². The number of ether oxygens (including phenoxy) is 1. The molecule has 1 heterocycles. The second kappa shape index (κ2) is 6.52. The van der Waals surface area contributed by atoms with E-state index in [4.69, 9.17) is 15.0 Å². The van der Waals surface area contributed by atoms with Crippen LogP contribution in [-0.2, 0) is 6.42 Å². The second-order valence-corrected chi connectivity index (χ2v) is 4.91. The van der Waals surface area contributed by atoms with E-state index in [9.17, 15) is 0 Å². The third kappa shape index (κ3) is 3.17. The molecule has 1 atom stereocenters. The van der Waals surface area contributed by atoms with Crippen molar-refractivity contribution >= 4 is 0 Å². The first kappa shape index (κ1) is 14.5. The van der Waals surface area contributed by atoms with Crippen LogP contribution in [0.2, 0.25) is 0 Å². The molecule has 2 aromatic rings. The normalized spacial score (nSPS) is 12.4. The van der Waals surface area contributed by atoms with E-state index in [1.54, 1.807) is 7.11 Å². The lowest BCUT2D eigenvalue weighted by Gasteiger charge is -2.07. The molecule has 0 bridgehead atoms. The van der Waals surface area contributed by atoms with Gasteiger partial charge in [-0.15, -0.1) is 0 Å². The van der Waals surface area contributed by atoms with Crippen LogP contribution in [0.15, 0.2) is 22.7 Å². The highest BCUT2D eigenvalue weighted by Crippen LogP contribution is 2.24. The Morgan fingerprint density at radius 1 is 1.40 bits per heavy atom. The summed E-state index contributed by atoms with van der Waals surface area (Å²) in [5, 5.41) is 4.04. The van der Waals surface area contributed by atoms with E-state index in [0.29, 0.717) is 24.2 Å². The second-order valence-electron chi connectivity index (χ2n) is 4.91. The molecule has 1 aromatic heterocycles. The van der Waals surface area contributed by atoms with Crippen LogP contribution in [0.4, 0.5) is 0 Å². The fourth-order valence-corrected chi connectivity index (χ4v) is 2.11. The molecule has 5 nitrogen and oxygen atoms in total. The lowest BCUT2D eigenvalue weighted by Crippen LogP contribution is -2.15. The minimum absolute atomic E-state index is 0.390. The molecule has 2 rings (SSSR count). The van der Waals surface area contributed by atoms with Crippen molar-refractivity contribution in [2.24, 2.45) is 11.7 Å². The summed E-state index contributed by atoms with van der Waals surface area (Å²) >= 11 is 0. The minimum atomic E-state index is 0.390. The predicted octanol–water partition coefficient (Wildman–Crippen LogP) is 2.58. The van der Waals surface area contributed by atoms with Gasteiger partial charge >= 0.3 is 0 Å². The van der Waals surface area contributed by atoms with E-state index in [1.807, 2.05) is 25.1 Å². The molecule has 20 heavy (non-hydrogen) atoms. The molecule has 0 radical (unpaired) electrons. The van der Waals surface area contributed by atoms with E-state index in [2.05, 4.69) is 17.1 Å². The number of benzene rings is 1. The summed E-state index contributed by atoms with van der Waals surface area (Å²) < 4.78 is 10.5. The highest BCUT2D eigenvalue weighted by Gasteiger charge is 2.13. The van der Waals surface area contributed by atoms with Gasteiger partial charge in [0, 0.05) is 12.0 Å². The Bertz CT molecular complexity index is 562. The SMILES string of the molecule is CCC(CN)Cc1nc(-c2ccc(OC)c(C)c2)no1. The van der Waals surface area contributed by atoms with Gasteiger partial charge in [-0.3, -0.25) is 0 Å². The number of methoxy groups -OCH3 is 1. The molecular weight excluding hydrogens is 254 g/mol. The van der Waals surface area contributed by atoms with Crippen LogP contribution in [-0.4, -0.2) is 23.8 Å². The summed E-state index contributed by atoms with van der Waals surface area (Å²) in [5.74, 6) is 2.50. The molecule has 0 aliphatic heterocycles. The Kier molecular flexibility index (Phi) is 4.74. The lowest BCUT2D eigenvalue weighted by molar-refractivity contribution is 0.350.